The largest absolute Gasteiger partial charge is 0.354 e. The van der Waals surface area contributed by atoms with Gasteiger partial charge in [0.15, 0.2) is 7.28 Å². The van der Waals surface area contributed by atoms with E-state index in [4.69, 9.17) is 0 Å². The number of fused-ring (bicyclic) bond motifs is 7. The summed E-state index contributed by atoms with van der Waals surface area (Å²) in [6.45, 7) is 0. The molecule has 219 valence electrons. The summed E-state index contributed by atoms with van der Waals surface area (Å²) in [5, 5.41) is 2.48. The normalized spacial score (nSPS) is 12.7. The number of hydrogen-bond acceptors (Lipinski definition) is 3. The predicted octanol–water partition coefficient (Wildman–Crippen LogP) is 10.4. The van der Waals surface area contributed by atoms with E-state index in [-0.39, 0.29) is 0 Å². The molecule has 1 aromatic heterocycles. The van der Waals surface area contributed by atoms with Gasteiger partial charge in [-0.05, 0) is 71.7 Å². The van der Waals surface area contributed by atoms with Crippen LogP contribution in [0.4, 0.5) is 34.1 Å². The Morgan fingerprint density at radius 1 is 0.532 bits per heavy atom. The number of rotatable bonds is 4. The van der Waals surface area contributed by atoms with Gasteiger partial charge < -0.3 is 14.8 Å². The molecule has 0 bridgehead atoms. The highest BCUT2D eigenvalue weighted by Crippen LogP contribution is 2.53. The smallest absolute Gasteiger partial charge is 0.197 e. The molecule has 5 heteroatoms. The standard InChI is InChI=1S/C42H27BN3S/c1-3-13-27(14-4-1)45(28-15-5-2-6-16-28)29-25-33(32-19-11-18-31-30-17-7-8-21-35(30)44-41(31)32)40-37(26-29)46-36-22-9-10-23-38(36)47-39-24-12-20-34(43-40)42(39)46/h1-26,44H. The van der Waals surface area contributed by atoms with Crippen LogP contribution in [0.2, 0.25) is 0 Å². The maximum absolute atomic E-state index is 3.80. The van der Waals surface area contributed by atoms with E-state index in [9.17, 15) is 0 Å². The van der Waals surface area contributed by atoms with Crippen LogP contribution >= 0.6 is 11.8 Å². The fourth-order valence-electron chi connectivity index (χ4n) is 7.36. The molecular formula is C42H27BN3S. The minimum Gasteiger partial charge on any atom is -0.354 e. The van der Waals surface area contributed by atoms with Crippen molar-refractivity contribution in [2.75, 3.05) is 9.80 Å². The zero-order chi connectivity index (χ0) is 30.9. The van der Waals surface area contributed by atoms with Crippen molar-refractivity contribution in [1.82, 2.24) is 4.98 Å². The van der Waals surface area contributed by atoms with Gasteiger partial charge in [-0.25, -0.2) is 0 Å². The van der Waals surface area contributed by atoms with Crippen LogP contribution in [0.15, 0.2) is 168 Å². The Kier molecular flexibility index (Phi) is 5.90. The van der Waals surface area contributed by atoms with E-state index in [1.54, 1.807) is 0 Å². The first kappa shape index (κ1) is 26.6. The van der Waals surface area contributed by atoms with Crippen LogP contribution in [-0.4, -0.2) is 12.3 Å². The van der Waals surface area contributed by atoms with Crippen molar-refractivity contribution < 1.29 is 0 Å². The first-order valence-corrected chi connectivity index (χ1v) is 16.8. The third-order valence-corrected chi connectivity index (χ3v) is 10.5. The topological polar surface area (TPSA) is 22.3 Å². The summed E-state index contributed by atoms with van der Waals surface area (Å²) in [6, 6.07) is 57.0. The number of H-pyrrole nitrogens is 1. The molecule has 0 saturated carbocycles. The Labute approximate surface area is 278 Å². The van der Waals surface area contributed by atoms with Gasteiger partial charge in [0.2, 0.25) is 0 Å². The zero-order valence-electron chi connectivity index (χ0n) is 25.4. The van der Waals surface area contributed by atoms with Gasteiger partial charge in [0.1, 0.15) is 0 Å². The second kappa shape index (κ2) is 10.4. The minimum atomic E-state index is 1.11. The van der Waals surface area contributed by atoms with Crippen molar-refractivity contribution in [1.29, 1.82) is 0 Å². The SMILES string of the molecule is [B]1c2cccc3c2N(c2ccccc2S3)c2cc(N(c3ccccc3)c3ccccc3)cc(-c3cccc4c3[nH]c3ccccc34)c21. The summed E-state index contributed by atoms with van der Waals surface area (Å²) in [6.07, 6.45) is 0. The fourth-order valence-corrected chi connectivity index (χ4v) is 8.46. The lowest BCUT2D eigenvalue weighted by Crippen LogP contribution is -2.42. The molecule has 8 aromatic rings. The second-order valence-corrected chi connectivity index (χ2v) is 13.2. The number of nitrogens with one attached hydrogen (secondary N) is 1. The fraction of sp³-hybridized carbons (Fsp3) is 0. The number of para-hydroxylation sites is 6. The Balaban J connectivity index is 1.32. The molecule has 0 saturated heterocycles. The van der Waals surface area contributed by atoms with Gasteiger partial charge in [0.25, 0.3) is 0 Å². The minimum absolute atomic E-state index is 1.11. The molecule has 0 spiro atoms. The second-order valence-electron chi connectivity index (χ2n) is 12.1. The summed E-state index contributed by atoms with van der Waals surface area (Å²) in [5.74, 6) is 0. The number of benzene rings is 7. The number of anilines is 6. The monoisotopic (exact) mass is 616 g/mol. The number of hydrogen-bond donors (Lipinski definition) is 1. The number of aromatic amines is 1. The molecule has 3 heterocycles. The van der Waals surface area contributed by atoms with Crippen LogP contribution < -0.4 is 20.7 Å². The molecule has 2 aliphatic heterocycles. The van der Waals surface area contributed by atoms with Crippen LogP contribution in [-0.2, 0) is 0 Å². The molecule has 1 N–H and O–H groups in total. The lowest BCUT2D eigenvalue weighted by Gasteiger charge is -2.40. The van der Waals surface area contributed by atoms with Crippen LogP contribution in [0.1, 0.15) is 0 Å². The van der Waals surface area contributed by atoms with Crippen molar-refractivity contribution in [2.45, 2.75) is 9.79 Å². The Morgan fingerprint density at radius 2 is 1.21 bits per heavy atom. The summed E-state index contributed by atoms with van der Waals surface area (Å²) < 4.78 is 0. The molecule has 2 aliphatic rings. The van der Waals surface area contributed by atoms with Gasteiger partial charge in [-0.1, -0.05) is 114 Å². The van der Waals surface area contributed by atoms with E-state index in [0.29, 0.717) is 0 Å². The molecule has 0 aliphatic carbocycles. The zero-order valence-corrected chi connectivity index (χ0v) is 26.2. The lowest BCUT2D eigenvalue weighted by molar-refractivity contribution is 1.17. The highest BCUT2D eigenvalue weighted by molar-refractivity contribution is 7.99. The van der Waals surface area contributed by atoms with Gasteiger partial charge >= 0.3 is 0 Å². The maximum Gasteiger partial charge on any atom is 0.197 e. The summed E-state index contributed by atoms with van der Waals surface area (Å²) in [7, 11) is 2.40. The molecule has 0 fully saturated rings. The highest BCUT2D eigenvalue weighted by Gasteiger charge is 2.34. The van der Waals surface area contributed by atoms with Crippen LogP contribution in [0.5, 0.6) is 0 Å². The average Bonchev–Trinajstić information content (AvgIpc) is 3.52. The molecule has 47 heavy (non-hydrogen) atoms. The van der Waals surface area contributed by atoms with E-state index >= 15 is 0 Å². The molecule has 10 rings (SSSR count). The Hall–Kier alpha value is -5.65. The quantitative estimate of drug-likeness (QED) is 0.199. The van der Waals surface area contributed by atoms with E-state index in [1.807, 2.05) is 11.8 Å². The van der Waals surface area contributed by atoms with Gasteiger partial charge in [0.05, 0.1) is 16.9 Å². The lowest BCUT2D eigenvalue weighted by atomic mass is 9.58. The van der Waals surface area contributed by atoms with E-state index in [1.165, 1.54) is 59.7 Å². The Morgan fingerprint density at radius 3 is 2.04 bits per heavy atom. The summed E-state index contributed by atoms with van der Waals surface area (Å²) in [5.41, 5.74) is 14.1. The van der Waals surface area contributed by atoms with E-state index < -0.39 is 0 Å². The third-order valence-electron chi connectivity index (χ3n) is 9.38. The molecule has 1 radical (unpaired) electrons. The predicted molar refractivity (Wildman–Crippen MR) is 200 cm³/mol. The summed E-state index contributed by atoms with van der Waals surface area (Å²) in [4.78, 5) is 11.2. The first-order valence-electron chi connectivity index (χ1n) is 15.9. The van der Waals surface area contributed by atoms with Crippen molar-refractivity contribution in [3.05, 3.63) is 158 Å². The van der Waals surface area contributed by atoms with Gasteiger partial charge in [-0.15, -0.1) is 0 Å². The maximum atomic E-state index is 3.80. The van der Waals surface area contributed by atoms with Gasteiger partial charge in [-0.3, -0.25) is 0 Å². The van der Waals surface area contributed by atoms with Crippen molar-refractivity contribution in [2.24, 2.45) is 0 Å². The molecule has 3 nitrogen and oxygen atoms in total. The van der Waals surface area contributed by atoms with Gasteiger partial charge in [0, 0.05) is 54.4 Å². The Bertz CT molecular complexity index is 2450. The summed E-state index contributed by atoms with van der Waals surface area (Å²) >= 11 is 1.86. The molecule has 0 unspecified atom stereocenters. The van der Waals surface area contributed by atoms with Crippen LogP contribution in [0.3, 0.4) is 0 Å². The molecule has 0 atom stereocenters. The van der Waals surface area contributed by atoms with E-state index in [0.717, 1.165) is 28.1 Å². The van der Waals surface area contributed by atoms with Gasteiger partial charge in [-0.2, -0.15) is 0 Å². The van der Waals surface area contributed by atoms with Crippen LogP contribution in [0.25, 0.3) is 32.9 Å². The van der Waals surface area contributed by atoms with Crippen molar-refractivity contribution in [3.63, 3.8) is 0 Å². The molecular weight excluding hydrogens is 589 g/mol. The number of nitrogens with zero attached hydrogens (tertiary/aromatic N) is 2. The van der Waals surface area contributed by atoms with Crippen molar-refractivity contribution >= 4 is 85.9 Å². The third kappa shape index (κ3) is 4.10. The highest BCUT2D eigenvalue weighted by atomic mass is 32.2. The molecule has 7 aromatic carbocycles. The molecule has 0 amide bonds. The number of aromatic nitrogens is 1. The van der Waals surface area contributed by atoms with E-state index in [2.05, 4.69) is 180 Å². The average molecular weight is 617 g/mol. The van der Waals surface area contributed by atoms with Crippen molar-refractivity contribution in [3.8, 4) is 11.1 Å². The van der Waals surface area contributed by atoms with Crippen LogP contribution in [0, 0.1) is 0 Å². The first-order chi connectivity index (χ1) is 23.3.